The van der Waals surface area contributed by atoms with Gasteiger partial charge in [-0.1, -0.05) is 26.0 Å². The smallest absolute Gasteiger partial charge is 0.127 e. The highest BCUT2D eigenvalue weighted by Crippen LogP contribution is 2.23. The Hall–Kier alpha value is -1.64. The molecule has 1 atom stereocenters. The molecule has 0 fully saturated rings. The predicted octanol–water partition coefficient (Wildman–Crippen LogP) is 2.92. The Morgan fingerprint density at radius 1 is 1.41 bits per heavy atom. The fourth-order valence-corrected chi connectivity index (χ4v) is 2.12. The fraction of sp³-hybridized carbons (Fsp3) is 0.429. The monoisotopic (exact) mass is 230 g/mol. The summed E-state index contributed by atoms with van der Waals surface area (Å²) in [6.07, 6.45) is 1.92. The molecule has 0 N–H and O–H groups in total. The van der Waals surface area contributed by atoms with Gasteiger partial charge in [0.05, 0.1) is 11.2 Å². The number of aromatic nitrogens is 2. The first-order valence-electron chi connectivity index (χ1n) is 6.15. The number of benzene rings is 1. The van der Waals surface area contributed by atoms with Crippen LogP contribution in [0.2, 0.25) is 0 Å². The van der Waals surface area contributed by atoms with E-state index < -0.39 is 0 Å². The number of nitrogens with zero attached hydrogens (tertiary/aromatic N) is 2. The van der Waals surface area contributed by atoms with E-state index in [-0.39, 0.29) is 5.92 Å². The molecule has 90 valence electrons. The lowest BCUT2D eigenvalue weighted by molar-refractivity contribution is -0.108. The van der Waals surface area contributed by atoms with Gasteiger partial charge in [0, 0.05) is 17.8 Å². The Kier molecular flexibility index (Phi) is 3.27. The molecule has 0 aliphatic rings. The maximum absolute atomic E-state index is 10.8. The standard InChI is InChI=1S/C14H18N2O/c1-4-13-12-7-6-11(10(3)9-17)8-14(12)16(5-2)15-13/h6-10H,4-5H2,1-3H3. The summed E-state index contributed by atoms with van der Waals surface area (Å²) in [6, 6.07) is 6.20. The Morgan fingerprint density at radius 2 is 2.18 bits per heavy atom. The van der Waals surface area contributed by atoms with Gasteiger partial charge in [-0.15, -0.1) is 0 Å². The maximum Gasteiger partial charge on any atom is 0.127 e. The summed E-state index contributed by atoms with van der Waals surface area (Å²) in [5, 5.41) is 5.79. The zero-order valence-corrected chi connectivity index (χ0v) is 10.6. The van der Waals surface area contributed by atoms with Gasteiger partial charge in [0.2, 0.25) is 0 Å². The molecule has 1 aromatic carbocycles. The van der Waals surface area contributed by atoms with E-state index in [1.807, 2.05) is 17.7 Å². The summed E-state index contributed by atoms with van der Waals surface area (Å²) >= 11 is 0. The first-order chi connectivity index (χ1) is 8.21. The molecular formula is C14H18N2O. The number of carbonyl (C=O) groups is 1. The molecule has 0 radical (unpaired) electrons. The molecular weight excluding hydrogens is 212 g/mol. The Bertz CT molecular complexity index is 542. The van der Waals surface area contributed by atoms with E-state index in [0.29, 0.717) is 0 Å². The Morgan fingerprint density at radius 3 is 2.76 bits per heavy atom. The molecule has 2 aromatic rings. The van der Waals surface area contributed by atoms with Crippen LogP contribution < -0.4 is 0 Å². The van der Waals surface area contributed by atoms with Crippen molar-refractivity contribution >= 4 is 17.2 Å². The van der Waals surface area contributed by atoms with Crippen LogP contribution in [0, 0.1) is 0 Å². The van der Waals surface area contributed by atoms with Crippen LogP contribution in [0.5, 0.6) is 0 Å². The fourth-order valence-electron chi connectivity index (χ4n) is 2.12. The Balaban J connectivity index is 2.63. The van der Waals surface area contributed by atoms with E-state index in [1.165, 1.54) is 5.39 Å². The second-order valence-corrected chi connectivity index (χ2v) is 4.32. The molecule has 0 saturated carbocycles. The highest BCUT2D eigenvalue weighted by molar-refractivity contribution is 5.83. The van der Waals surface area contributed by atoms with Crippen LogP contribution in [0.15, 0.2) is 18.2 Å². The molecule has 1 unspecified atom stereocenters. The predicted molar refractivity (Wildman–Crippen MR) is 69.3 cm³/mol. The van der Waals surface area contributed by atoms with Gasteiger partial charge in [0.15, 0.2) is 0 Å². The number of aryl methyl sites for hydroxylation is 2. The summed E-state index contributed by atoms with van der Waals surface area (Å²) in [4.78, 5) is 10.8. The van der Waals surface area contributed by atoms with Gasteiger partial charge in [0.25, 0.3) is 0 Å². The van der Waals surface area contributed by atoms with Crippen LogP contribution in [0.1, 0.15) is 37.9 Å². The van der Waals surface area contributed by atoms with E-state index in [1.54, 1.807) is 0 Å². The molecule has 0 saturated heterocycles. The Labute approximate surface area is 101 Å². The van der Waals surface area contributed by atoms with Crippen molar-refractivity contribution in [3.05, 3.63) is 29.5 Å². The van der Waals surface area contributed by atoms with Crippen molar-refractivity contribution in [1.82, 2.24) is 9.78 Å². The maximum atomic E-state index is 10.8. The molecule has 3 nitrogen and oxygen atoms in total. The van der Waals surface area contributed by atoms with Gasteiger partial charge >= 0.3 is 0 Å². The third-order valence-electron chi connectivity index (χ3n) is 3.22. The zero-order chi connectivity index (χ0) is 12.4. The van der Waals surface area contributed by atoms with E-state index in [2.05, 4.69) is 31.1 Å². The van der Waals surface area contributed by atoms with Crippen LogP contribution in [-0.2, 0) is 17.8 Å². The van der Waals surface area contributed by atoms with Gasteiger partial charge in [-0.25, -0.2) is 0 Å². The van der Waals surface area contributed by atoms with E-state index >= 15 is 0 Å². The highest BCUT2D eigenvalue weighted by Gasteiger charge is 2.11. The van der Waals surface area contributed by atoms with E-state index in [9.17, 15) is 4.79 Å². The van der Waals surface area contributed by atoms with Gasteiger partial charge < -0.3 is 4.79 Å². The van der Waals surface area contributed by atoms with Crippen molar-refractivity contribution in [3.8, 4) is 0 Å². The van der Waals surface area contributed by atoms with Crippen molar-refractivity contribution in [2.45, 2.75) is 39.7 Å². The van der Waals surface area contributed by atoms with Crippen LogP contribution in [-0.4, -0.2) is 16.1 Å². The molecule has 0 aliphatic heterocycles. The number of rotatable bonds is 4. The second kappa shape index (κ2) is 4.70. The highest BCUT2D eigenvalue weighted by atomic mass is 16.1. The lowest BCUT2D eigenvalue weighted by Gasteiger charge is -2.05. The topological polar surface area (TPSA) is 34.9 Å². The number of aldehydes is 1. The van der Waals surface area contributed by atoms with Crippen molar-refractivity contribution in [1.29, 1.82) is 0 Å². The minimum atomic E-state index is -0.0512. The minimum Gasteiger partial charge on any atom is -0.303 e. The second-order valence-electron chi connectivity index (χ2n) is 4.32. The molecule has 0 spiro atoms. The third-order valence-corrected chi connectivity index (χ3v) is 3.22. The van der Waals surface area contributed by atoms with Crippen LogP contribution in [0.3, 0.4) is 0 Å². The normalized spacial score (nSPS) is 12.9. The van der Waals surface area contributed by atoms with Gasteiger partial charge in [-0.2, -0.15) is 5.10 Å². The van der Waals surface area contributed by atoms with Gasteiger partial charge in [-0.05, 0) is 25.0 Å². The van der Waals surface area contributed by atoms with Crippen LogP contribution in [0.4, 0.5) is 0 Å². The van der Waals surface area contributed by atoms with Gasteiger partial charge in [0.1, 0.15) is 6.29 Å². The average molecular weight is 230 g/mol. The first-order valence-corrected chi connectivity index (χ1v) is 6.15. The van der Waals surface area contributed by atoms with Crippen LogP contribution in [0.25, 0.3) is 10.9 Å². The van der Waals surface area contributed by atoms with Gasteiger partial charge in [-0.3, -0.25) is 4.68 Å². The molecule has 1 aromatic heterocycles. The molecule has 0 amide bonds. The lowest BCUT2D eigenvalue weighted by Crippen LogP contribution is -1.98. The lowest BCUT2D eigenvalue weighted by atomic mass is 10.0. The minimum absolute atomic E-state index is 0.0512. The van der Waals surface area contributed by atoms with Crippen molar-refractivity contribution < 1.29 is 4.79 Å². The SMILES string of the molecule is CCc1nn(CC)c2cc(C(C)C=O)ccc12. The summed E-state index contributed by atoms with van der Waals surface area (Å²) in [5.74, 6) is -0.0512. The largest absolute Gasteiger partial charge is 0.303 e. The van der Waals surface area contributed by atoms with Crippen molar-refractivity contribution in [2.24, 2.45) is 0 Å². The first kappa shape index (κ1) is 11.8. The third kappa shape index (κ3) is 1.97. The van der Waals surface area contributed by atoms with Crippen molar-refractivity contribution in [2.75, 3.05) is 0 Å². The molecule has 2 rings (SSSR count). The zero-order valence-electron chi connectivity index (χ0n) is 10.6. The molecule has 1 heterocycles. The number of hydrogen-bond acceptors (Lipinski definition) is 2. The van der Waals surface area contributed by atoms with Crippen molar-refractivity contribution in [3.63, 3.8) is 0 Å². The average Bonchev–Trinajstić information content (AvgIpc) is 2.74. The van der Waals surface area contributed by atoms with E-state index in [4.69, 9.17) is 0 Å². The molecule has 0 bridgehead atoms. The molecule has 3 heteroatoms. The quantitative estimate of drug-likeness (QED) is 0.757. The van der Waals surface area contributed by atoms with E-state index in [0.717, 1.165) is 36.0 Å². The molecule has 0 aliphatic carbocycles. The summed E-state index contributed by atoms with van der Waals surface area (Å²) in [7, 11) is 0. The summed E-state index contributed by atoms with van der Waals surface area (Å²) < 4.78 is 2.01. The molecule has 17 heavy (non-hydrogen) atoms. The summed E-state index contributed by atoms with van der Waals surface area (Å²) in [5.41, 5.74) is 3.33. The number of carbonyl (C=O) groups excluding carboxylic acids is 1. The number of hydrogen-bond donors (Lipinski definition) is 0. The summed E-state index contributed by atoms with van der Waals surface area (Å²) in [6.45, 7) is 6.97. The number of fused-ring (bicyclic) bond motifs is 1. The van der Waals surface area contributed by atoms with Crippen LogP contribution >= 0.6 is 0 Å².